The fourth-order valence-electron chi connectivity index (χ4n) is 4.48. The molecule has 208 valence electrons. The highest BCUT2D eigenvalue weighted by atomic mass is 16.6. The summed E-state index contributed by atoms with van der Waals surface area (Å²) in [4.78, 5) is 40.4. The molecule has 3 amide bonds. The molecule has 0 aliphatic carbocycles. The molecular weight excluding hydrogens is 490 g/mol. The fraction of sp³-hybridized carbons (Fsp3) is 0.556. The normalized spacial score (nSPS) is 19.2. The van der Waals surface area contributed by atoms with E-state index in [4.69, 9.17) is 4.74 Å². The van der Waals surface area contributed by atoms with Gasteiger partial charge in [0.25, 0.3) is 0 Å². The standard InChI is InChI=1S/C27H39N5O6/c1-16(2)23(30-26(37)38-27(3,4)5)25(36)32-14-19(34)13-22(32)24(35)29-20(15-33)17-7-9-18(10-8-17)21-11-12-28-31(21)6/h7-12,16,19-20,22-23,33-34H,13-15H2,1-6H3,(H,29,35)(H,30,37)/t19-,20+,22+,23+/m1/s1. The van der Waals surface area contributed by atoms with Gasteiger partial charge in [-0.1, -0.05) is 38.1 Å². The molecule has 2 heterocycles. The highest BCUT2D eigenvalue weighted by Crippen LogP contribution is 2.24. The number of aromatic nitrogens is 2. The van der Waals surface area contributed by atoms with Crippen molar-refractivity contribution in [2.45, 2.75) is 70.9 Å². The first-order chi connectivity index (χ1) is 17.8. The average Bonchev–Trinajstić information content (AvgIpc) is 3.44. The van der Waals surface area contributed by atoms with Gasteiger partial charge in [0.15, 0.2) is 0 Å². The molecule has 4 N–H and O–H groups in total. The number of aliphatic hydroxyl groups is 2. The minimum Gasteiger partial charge on any atom is -0.444 e. The van der Waals surface area contributed by atoms with Gasteiger partial charge in [0.1, 0.15) is 17.7 Å². The van der Waals surface area contributed by atoms with Crippen LogP contribution in [-0.4, -0.2) is 79.7 Å². The smallest absolute Gasteiger partial charge is 0.408 e. The molecule has 1 aromatic heterocycles. The Bertz CT molecular complexity index is 1120. The lowest BCUT2D eigenvalue weighted by Gasteiger charge is -2.31. The van der Waals surface area contributed by atoms with E-state index in [0.29, 0.717) is 5.56 Å². The molecule has 1 aliphatic heterocycles. The van der Waals surface area contributed by atoms with Crippen LogP contribution in [0.2, 0.25) is 0 Å². The number of β-amino-alcohol motifs (C(OH)–C–C–N with tert-alkyl or cyclic N) is 1. The maximum absolute atomic E-state index is 13.5. The number of aryl methyl sites for hydroxylation is 1. The van der Waals surface area contributed by atoms with Crippen molar-refractivity contribution in [2.75, 3.05) is 13.2 Å². The summed E-state index contributed by atoms with van der Waals surface area (Å²) >= 11 is 0. The largest absolute Gasteiger partial charge is 0.444 e. The Morgan fingerprint density at radius 2 is 1.79 bits per heavy atom. The van der Waals surface area contributed by atoms with Gasteiger partial charge in [-0.05, 0) is 43.9 Å². The summed E-state index contributed by atoms with van der Waals surface area (Å²) in [5.41, 5.74) is 1.81. The molecule has 0 bridgehead atoms. The van der Waals surface area contributed by atoms with Gasteiger partial charge >= 0.3 is 6.09 Å². The molecule has 38 heavy (non-hydrogen) atoms. The van der Waals surface area contributed by atoms with E-state index >= 15 is 0 Å². The van der Waals surface area contributed by atoms with Crippen molar-refractivity contribution in [2.24, 2.45) is 13.0 Å². The number of hydrogen-bond donors (Lipinski definition) is 4. The Balaban J connectivity index is 1.73. The van der Waals surface area contributed by atoms with E-state index in [9.17, 15) is 24.6 Å². The van der Waals surface area contributed by atoms with E-state index in [1.807, 2.05) is 37.4 Å². The van der Waals surface area contributed by atoms with Crippen LogP contribution in [0.3, 0.4) is 0 Å². The van der Waals surface area contributed by atoms with E-state index in [0.717, 1.165) is 11.3 Å². The lowest BCUT2D eigenvalue weighted by Crippen LogP contribution is -2.56. The lowest BCUT2D eigenvalue weighted by atomic mass is 10.0. The molecule has 11 nitrogen and oxygen atoms in total. The highest BCUT2D eigenvalue weighted by molar-refractivity contribution is 5.92. The molecule has 1 saturated heterocycles. The second kappa shape index (κ2) is 12.0. The van der Waals surface area contributed by atoms with E-state index in [-0.39, 0.29) is 25.5 Å². The van der Waals surface area contributed by atoms with Crippen LogP contribution in [0.15, 0.2) is 36.5 Å². The van der Waals surface area contributed by atoms with Gasteiger partial charge < -0.3 is 30.5 Å². The number of hydrogen-bond acceptors (Lipinski definition) is 7. The SMILES string of the molecule is CC(C)[C@H](NC(=O)OC(C)(C)C)C(=O)N1C[C@H](O)C[C@H]1C(=O)N[C@@H](CO)c1ccc(-c2ccnn2C)cc1. The fourth-order valence-corrected chi connectivity index (χ4v) is 4.48. The number of nitrogens with one attached hydrogen (secondary N) is 2. The monoisotopic (exact) mass is 529 g/mol. The number of aliphatic hydroxyl groups excluding tert-OH is 2. The van der Waals surface area contributed by atoms with Gasteiger partial charge in [-0.2, -0.15) is 5.10 Å². The molecule has 0 radical (unpaired) electrons. The van der Waals surface area contributed by atoms with Crippen LogP contribution in [0.25, 0.3) is 11.3 Å². The van der Waals surface area contributed by atoms with E-state index in [1.165, 1.54) is 4.90 Å². The Morgan fingerprint density at radius 1 is 1.13 bits per heavy atom. The minimum atomic E-state index is -0.957. The van der Waals surface area contributed by atoms with Gasteiger partial charge in [0, 0.05) is 26.2 Å². The van der Waals surface area contributed by atoms with Crippen molar-refractivity contribution in [3.63, 3.8) is 0 Å². The van der Waals surface area contributed by atoms with Crippen molar-refractivity contribution in [3.8, 4) is 11.3 Å². The predicted molar refractivity (Wildman–Crippen MR) is 141 cm³/mol. The molecule has 0 saturated carbocycles. The Labute approximate surface area is 223 Å². The molecule has 1 fully saturated rings. The van der Waals surface area contributed by atoms with Gasteiger partial charge in [0.2, 0.25) is 11.8 Å². The van der Waals surface area contributed by atoms with Crippen LogP contribution in [0.1, 0.15) is 52.6 Å². The van der Waals surface area contributed by atoms with Crippen molar-refractivity contribution < 1.29 is 29.3 Å². The van der Waals surface area contributed by atoms with Crippen LogP contribution < -0.4 is 10.6 Å². The zero-order valence-corrected chi connectivity index (χ0v) is 22.8. The first-order valence-corrected chi connectivity index (χ1v) is 12.8. The highest BCUT2D eigenvalue weighted by Gasteiger charge is 2.43. The summed E-state index contributed by atoms with van der Waals surface area (Å²) in [6, 6.07) is 6.67. The topological polar surface area (TPSA) is 146 Å². The number of likely N-dealkylation sites (tertiary alicyclic amines) is 1. The quantitative estimate of drug-likeness (QED) is 0.407. The van der Waals surface area contributed by atoms with Crippen molar-refractivity contribution in [1.29, 1.82) is 0 Å². The third-order valence-electron chi connectivity index (χ3n) is 6.40. The number of ether oxygens (including phenoxy) is 1. The number of amides is 3. The average molecular weight is 530 g/mol. The molecule has 0 unspecified atom stereocenters. The van der Waals surface area contributed by atoms with Crippen LogP contribution in [0.4, 0.5) is 4.79 Å². The number of carbonyl (C=O) groups excluding carboxylic acids is 3. The summed E-state index contributed by atoms with van der Waals surface area (Å²) in [5, 5.41) is 30.0. The molecule has 3 rings (SSSR count). The van der Waals surface area contributed by atoms with Gasteiger partial charge in [0.05, 0.1) is 24.4 Å². The molecule has 1 aliphatic rings. The molecule has 0 spiro atoms. The zero-order chi connectivity index (χ0) is 28.2. The molecule has 11 heteroatoms. The summed E-state index contributed by atoms with van der Waals surface area (Å²) in [6.45, 7) is 8.32. The van der Waals surface area contributed by atoms with Crippen LogP contribution >= 0.6 is 0 Å². The van der Waals surface area contributed by atoms with Crippen LogP contribution in [0, 0.1) is 5.92 Å². The Morgan fingerprint density at radius 3 is 2.32 bits per heavy atom. The number of carbonyl (C=O) groups is 3. The number of nitrogens with zero attached hydrogens (tertiary/aromatic N) is 3. The number of alkyl carbamates (subject to hydrolysis) is 1. The molecule has 4 atom stereocenters. The van der Waals surface area contributed by atoms with Gasteiger partial charge in [-0.25, -0.2) is 4.79 Å². The first kappa shape index (κ1) is 29.1. The van der Waals surface area contributed by atoms with Crippen molar-refractivity contribution >= 4 is 17.9 Å². The molecular formula is C27H39N5O6. The summed E-state index contributed by atoms with van der Waals surface area (Å²) < 4.78 is 7.05. The molecule has 1 aromatic carbocycles. The third kappa shape index (κ3) is 7.11. The van der Waals surface area contributed by atoms with E-state index in [1.54, 1.807) is 45.5 Å². The molecule has 2 aromatic rings. The summed E-state index contributed by atoms with van der Waals surface area (Å²) in [7, 11) is 1.84. The predicted octanol–water partition coefficient (Wildman–Crippen LogP) is 1.75. The van der Waals surface area contributed by atoms with Crippen molar-refractivity contribution in [1.82, 2.24) is 25.3 Å². The van der Waals surface area contributed by atoms with E-state index < -0.39 is 47.7 Å². The van der Waals surface area contributed by atoms with Crippen LogP contribution in [-0.2, 0) is 21.4 Å². The van der Waals surface area contributed by atoms with E-state index in [2.05, 4.69) is 15.7 Å². The number of benzene rings is 1. The Kier molecular flexibility index (Phi) is 9.16. The maximum atomic E-state index is 13.5. The lowest BCUT2D eigenvalue weighted by molar-refractivity contribution is -0.141. The number of rotatable bonds is 8. The summed E-state index contributed by atoms with van der Waals surface area (Å²) in [5.74, 6) is -1.27. The second-order valence-electron chi connectivity index (χ2n) is 11.0. The maximum Gasteiger partial charge on any atom is 0.408 e. The van der Waals surface area contributed by atoms with Crippen molar-refractivity contribution in [3.05, 3.63) is 42.1 Å². The zero-order valence-electron chi connectivity index (χ0n) is 22.8. The van der Waals surface area contributed by atoms with Gasteiger partial charge in [-0.15, -0.1) is 0 Å². The second-order valence-corrected chi connectivity index (χ2v) is 11.0. The minimum absolute atomic E-state index is 0.0423. The summed E-state index contributed by atoms with van der Waals surface area (Å²) in [6.07, 6.45) is 0.123. The first-order valence-electron chi connectivity index (χ1n) is 12.8. The third-order valence-corrected chi connectivity index (χ3v) is 6.40. The van der Waals surface area contributed by atoms with Gasteiger partial charge in [-0.3, -0.25) is 14.3 Å². The van der Waals surface area contributed by atoms with Crippen LogP contribution in [0.5, 0.6) is 0 Å². The Hall–Kier alpha value is -3.44.